The molecule has 0 saturated carbocycles. The van der Waals surface area contributed by atoms with Crippen molar-refractivity contribution < 1.29 is 4.92 Å². The minimum absolute atomic E-state index is 0.117. The molecular formula is C18H20N4O2S. The summed E-state index contributed by atoms with van der Waals surface area (Å²) in [4.78, 5) is 14.7. The van der Waals surface area contributed by atoms with Crippen LogP contribution in [0.5, 0.6) is 0 Å². The lowest BCUT2D eigenvalue weighted by Gasteiger charge is -2.37. The SMILES string of the molecule is Cc1ccc(NC(=S)N2CCN(c3ccc([N+](=O)[O-])cc3)CC2)cc1. The highest BCUT2D eigenvalue weighted by Crippen LogP contribution is 2.21. The van der Waals surface area contributed by atoms with Crippen LogP contribution in [-0.2, 0) is 0 Å². The maximum Gasteiger partial charge on any atom is 0.269 e. The molecule has 2 aromatic carbocycles. The second-order valence-corrected chi connectivity index (χ2v) is 6.43. The molecule has 1 aliphatic rings. The van der Waals surface area contributed by atoms with E-state index in [0.29, 0.717) is 0 Å². The smallest absolute Gasteiger partial charge is 0.269 e. The van der Waals surface area contributed by atoms with Gasteiger partial charge < -0.3 is 15.1 Å². The molecule has 130 valence electrons. The molecule has 0 atom stereocenters. The van der Waals surface area contributed by atoms with Gasteiger partial charge in [-0.1, -0.05) is 17.7 Å². The number of nitrogens with zero attached hydrogens (tertiary/aromatic N) is 3. The fourth-order valence-corrected chi connectivity index (χ4v) is 3.09. The quantitative estimate of drug-likeness (QED) is 0.516. The number of hydrogen-bond acceptors (Lipinski definition) is 4. The number of piperazine rings is 1. The molecule has 0 radical (unpaired) electrons. The molecule has 3 rings (SSSR count). The molecule has 1 saturated heterocycles. The standard InChI is InChI=1S/C18H20N4O2S/c1-14-2-4-15(5-3-14)19-18(25)21-12-10-20(11-13-21)16-6-8-17(9-7-16)22(23)24/h2-9H,10-13H2,1H3,(H,19,25). The van der Waals surface area contributed by atoms with Gasteiger partial charge >= 0.3 is 0 Å². The van der Waals surface area contributed by atoms with Gasteiger partial charge in [-0.2, -0.15) is 0 Å². The summed E-state index contributed by atoms with van der Waals surface area (Å²) in [6.45, 7) is 5.34. The van der Waals surface area contributed by atoms with Gasteiger partial charge in [0.1, 0.15) is 0 Å². The molecule has 0 amide bonds. The van der Waals surface area contributed by atoms with Crippen molar-refractivity contribution in [3.05, 3.63) is 64.2 Å². The van der Waals surface area contributed by atoms with Crippen molar-refractivity contribution in [3.8, 4) is 0 Å². The Bertz CT molecular complexity index is 754. The van der Waals surface area contributed by atoms with Gasteiger partial charge in [-0.15, -0.1) is 0 Å². The van der Waals surface area contributed by atoms with Crippen molar-refractivity contribution in [1.82, 2.24) is 4.90 Å². The Morgan fingerprint density at radius 2 is 1.64 bits per heavy atom. The lowest BCUT2D eigenvalue weighted by atomic mass is 10.2. The first-order valence-electron chi connectivity index (χ1n) is 8.15. The summed E-state index contributed by atoms with van der Waals surface area (Å²) < 4.78 is 0. The van der Waals surface area contributed by atoms with Crippen LogP contribution in [0.25, 0.3) is 0 Å². The van der Waals surface area contributed by atoms with Crippen LogP contribution < -0.4 is 10.2 Å². The van der Waals surface area contributed by atoms with Crippen molar-refractivity contribution in [3.63, 3.8) is 0 Å². The number of benzene rings is 2. The number of aryl methyl sites for hydroxylation is 1. The number of nitrogens with one attached hydrogen (secondary N) is 1. The van der Waals surface area contributed by atoms with E-state index in [-0.39, 0.29) is 10.6 Å². The van der Waals surface area contributed by atoms with E-state index in [4.69, 9.17) is 12.2 Å². The zero-order valence-corrected chi connectivity index (χ0v) is 14.8. The largest absolute Gasteiger partial charge is 0.368 e. The van der Waals surface area contributed by atoms with Crippen molar-refractivity contribution in [2.24, 2.45) is 0 Å². The Morgan fingerprint density at radius 1 is 1.04 bits per heavy atom. The van der Waals surface area contributed by atoms with E-state index < -0.39 is 0 Å². The minimum atomic E-state index is -0.378. The van der Waals surface area contributed by atoms with E-state index in [1.165, 1.54) is 5.56 Å². The van der Waals surface area contributed by atoms with Crippen molar-refractivity contribution in [2.75, 3.05) is 36.4 Å². The summed E-state index contributed by atoms with van der Waals surface area (Å²) in [7, 11) is 0. The highest BCUT2D eigenvalue weighted by atomic mass is 32.1. The van der Waals surface area contributed by atoms with Gasteiger partial charge in [-0.05, 0) is 43.4 Å². The maximum atomic E-state index is 10.7. The van der Waals surface area contributed by atoms with Crippen LogP contribution in [0.2, 0.25) is 0 Å². The third kappa shape index (κ3) is 4.24. The first-order chi connectivity index (χ1) is 12.0. The monoisotopic (exact) mass is 356 g/mol. The first kappa shape index (κ1) is 17.2. The first-order valence-corrected chi connectivity index (χ1v) is 8.56. The average Bonchev–Trinajstić information content (AvgIpc) is 2.64. The van der Waals surface area contributed by atoms with E-state index in [2.05, 4.69) is 34.2 Å². The van der Waals surface area contributed by atoms with Crippen molar-refractivity contribution in [1.29, 1.82) is 0 Å². The molecular weight excluding hydrogens is 336 g/mol. The maximum absolute atomic E-state index is 10.7. The van der Waals surface area contributed by atoms with Gasteiger partial charge in [-0.25, -0.2) is 0 Å². The van der Waals surface area contributed by atoms with Crippen molar-refractivity contribution in [2.45, 2.75) is 6.92 Å². The van der Waals surface area contributed by atoms with E-state index in [1.807, 2.05) is 12.1 Å². The topological polar surface area (TPSA) is 61.6 Å². The molecule has 1 aliphatic heterocycles. The van der Waals surface area contributed by atoms with Crippen LogP contribution in [0.3, 0.4) is 0 Å². The zero-order valence-electron chi connectivity index (χ0n) is 14.0. The third-order valence-electron chi connectivity index (χ3n) is 4.30. The second kappa shape index (κ2) is 7.48. The molecule has 7 heteroatoms. The lowest BCUT2D eigenvalue weighted by Crippen LogP contribution is -2.50. The number of nitro groups is 1. The Labute approximate surface area is 152 Å². The zero-order chi connectivity index (χ0) is 17.8. The second-order valence-electron chi connectivity index (χ2n) is 6.04. The van der Waals surface area contributed by atoms with Crippen LogP contribution in [0, 0.1) is 17.0 Å². The van der Waals surface area contributed by atoms with Crippen molar-refractivity contribution >= 4 is 34.4 Å². The Morgan fingerprint density at radius 3 is 2.20 bits per heavy atom. The van der Waals surface area contributed by atoms with Gasteiger partial charge in [0.2, 0.25) is 0 Å². The van der Waals surface area contributed by atoms with Gasteiger partial charge in [-0.3, -0.25) is 10.1 Å². The van der Waals surface area contributed by atoms with E-state index in [9.17, 15) is 10.1 Å². The highest BCUT2D eigenvalue weighted by Gasteiger charge is 2.19. The molecule has 1 heterocycles. The molecule has 0 unspecified atom stereocenters. The number of hydrogen-bond donors (Lipinski definition) is 1. The molecule has 2 aromatic rings. The molecule has 1 fully saturated rings. The number of non-ortho nitro benzene ring substituents is 1. The average molecular weight is 356 g/mol. The summed E-state index contributed by atoms with van der Waals surface area (Å²) in [5.74, 6) is 0. The highest BCUT2D eigenvalue weighted by molar-refractivity contribution is 7.80. The summed E-state index contributed by atoms with van der Waals surface area (Å²) in [6.07, 6.45) is 0. The van der Waals surface area contributed by atoms with Crippen LogP contribution >= 0.6 is 12.2 Å². The lowest BCUT2D eigenvalue weighted by molar-refractivity contribution is -0.384. The Hall–Kier alpha value is -2.67. The predicted octanol–water partition coefficient (Wildman–Crippen LogP) is 3.42. The van der Waals surface area contributed by atoms with E-state index in [0.717, 1.165) is 42.7 Å². The fourth-order valence-electron chi connectivity index (χ4n) is 2.79. The molecule has 0 aliphatic carbocycles. The molecule has 6 nitrogen and oxygen atoms in total. The summed E-state index contributed by atoms with van der Waals surface area (Å²) in [5, 5.41) is 14.7. The van der Waals surface area contributed by atoms with E-state index in [1.54, 1.807) is 24.3 Å². The van der Waals surface area contributed by atoms with E-state index >= 15 is 0 Å². The number of anilines is 2. The summed E-state index contributed by atoms with van der Waals surface area (Å²) >= 11 is 5.51. The molecule has 1 N–H and O–H groups in total. The van der Waals surface area contributed by atoms with Gasteiger partial charge in [0.05, 0.1) is 4.92 Å². The number of nitro benzene ring substituents is 1. The van der Waals surface area contributed by atoms with Gasteiger partial charge in [0, 0.05) is 49.7 Å². The van der Waals surface area contributed by atoms with Gasteiger partial charge in [0.15, 0.2) is 5.11 Å². The van der Waals surface area contributed by atoms with Crippen LogP contribution in [0.15, 0.2) is 48.5 Å². The Balaban J connectivity index is 1.55. The van der Waals surface area contributed by atoms with Crippen LogP contribution in [-0.4, -0.2) is 41.1 Å². The molecule has 0 aromatic heterocycles. The summed E-state index contributed by atoms with van der Waals surface area (Å²) in [5.41, 5.74) is 3.33. The van der Waals surface area contributed by atoms with Crippen LogP contribution in [0.4, 0.5) is 17.1 Å². The minimum Gasteiger partial charge on any atom is -0.368 e. The number of rotatable bonds is 3. The summed E-state index contributed by atoms with van der Waals surface area (Å²) in [6, 6.07) is 14.8. The Kier molecular flexibility index (Phi) is 5.14. The third-order valence-corrected chi connectivity index (χ3v) is 4.66. The molecule has 0 bridgehead atoms. The van der Waals surface area contributed by atoms with Crippen LogP contribution in [0.1, 0.15) is 5.56 Å². The number of thiocarbonyl (C=S) groups is 1. The normalized spacial score (nSPS) is 14.3. The predicted molar refractivity (Wildman–Crippen MR) is 104 cm³/mol. The van der Waals surface area contributed by atoms with Gasteiger partial charge in [0.25, 0.3) is 5.69 Å². The molecule has 0 spiro atoms. The fraction of sp³-hybridized carbons (Fsp3) is 0.278. The molecule has 25 heavy (non-hydrogen) atoms.